The fourth-order valence-electron chi connectivity index (χ4n) is 3.06. The second-order valence-corrected chi connectivity index (χ2v) is 8.50. The number of para-hydroxylation sites is 1. The number of nitrogens with zero attached hydrogens (tertiary/aromatic N) is 1. The molecule has 0 radical (unpaired) electrons. The fourth-order valence-corrected chi connectivity index (χ4v) is 4.22. The second-order valence-electron chi connectivity index (χ2n) is 6.63. The Labute approximate surface area is 185 Å². The Hall–Kier alpha value is -3.03. The number of hydrogen-bond acceptors (Lipinski definition) is 5. The average molecular weight is 481 g/mol. The maximum absolute atomic E-state index is 12.8. The van der Waals surface area contributed by atoms with E-state index in [2.05, 4.69) is 26.2 Å². The van der Waals surface area contributed by atoms with Crippen LogP contribution in [0.15, 0.2) is 70.5 Å². The molecule has 0 saturated heterocycles. The minimum Gasteiger partial charge on any atom is -0.452 e. The quantitative estimate of drug-likeness (QED) is 0.364. The van der Waals surface area contributed by atoms with Gasteiger partial charge in [0, 0.05) is 15.5 Å². The minimum absolute atomic E-state index is 0.376. The van der Waals surface area contributed by atoms with Crippen molar-refractivity contribution in [1.29, 1.82) is 0 Å². The summed E-state index contributed by atoms with van der Waals surface area (Å²) in [7, 11) is 0. The molecule has 0 spiro atoms. The largest absolute Gasteiger partial charge is 0.452 e. The lowest BCUT2D eigenvalue weighted by atomic mass is 10.1. The van der Waals surface area contributed by atoms with Crippen molar-refractivity contribution < 1.29 is 14.3 Å². The summed E-state index contributed by atoms with van der Waals surface area (Å²) in [5.74, 6) is -0.959. The average Bonchev–Trinajstić information content (AvgIpc) is 3.28. The Balaban J connectivity index is 1.53. The van der Waals surface area contributed by atoms with Gasteiger partial charge >= 0.3 is 5.97 Å². The van der Waals surface area contributed by atoms with Crippen LogP contribution in [0.1, 0.15) is 15.9 Å². The number of esters is 1. The van der Waals surface area contributed by atoms with Crippen LogP contribution in [-0.2, 0) is 9.53 Å². The van der Waals surface area contributed by atoms with Gasteiger partial charge in [0.25, 0.3) is 5.91 Å². The number of hydrogen-bond donors (Lipinski definition) is 1. The summed E-state index contributed by atoms with van der Waals surface area (Å²) in [5.41, 5.74) is 3.37. The number of carbonyl (C=O) groups excluding carboxylic acids is 2. The summed E-state index contributed by atoms with van der Waals surface area (Å²) in [6.45, 7) is 1.51. The summed E-state index contributed by atoms with van der Waals surface area (Å²) in [6, 6.07) is 18.5. The number of aryl methyl sites for hydroxylation is 1. The molecule has 0 aliphatic heterocycles. The van der Waals surface area contributed by atoms with Gasteiger partial charge < -0.3 is 10.1 Å². The van der Waals surface area contributed by atoms with E-state index in [0.717, 1.165) is 14.9 Å². The number of ether oxygens (including phenoxy) is 1. The maximum Gasteiger partial charge on any atom is 0.339 e. The number of halogens is 1. The van der Waals surface area contributed by atoms with E-state index in [0.29, 0.717) is 27.8 Å². The highest BCUT2D eigenvalue weighted by Crippen LogP contribution is 2.28. The Morgan fingerprint density at radius 2 is 1.93 bits per heavy atom. The number of benzene rings is 2. The van der Waals surface area contributed by atoms with E-state index in [1.54, 1.807) is 23.5 Å². The Morgan fingerprint density at radius 1 is 1.10 bits per heavy atom. The van der Waals surface area contributed by atoms with Crippen LogP contribution < -0.4 is 5.32 Å². The lowest BCUT2D eigenvalue weighted by Crippen LogP contribution is -2.21. The van der Waals surface area contributed by atoms with E-state index >= 15 is 0 Å². The maximum atomic E-state index is 12.8. The van der Waals surface area contributed by atoms with Crippen molar-refractivity contribution in [2.45, 2.75) is 6.92 Å². The van der Waals surface area contributed by atoms with Crippen molar-refractivity contribution in [1.82, 2.24) is 4.98 Å². The first kappa shape index (κ1) is 20.3. The number of rotatable bonds is 5. The highest BCUT2D eigenvalue weighted by Gasteiger charge is 2.17. The van der Waals surface area contributed by atoms with Gasteiger partial charge in [-0.1, -0.05) is 40.2 Å². The highest BCUT2D eigenvalue weighted by atomic mass is 79.9. The molecule has 150 valence electrons. The SMILES string of the molecule is Cc1cc(Br)ccc1NC(=O)COC(=O)c1cc(-c2cccs2)nc2ccccc12. The Bertz CT molecular complexity index is 1240. The van der Waals surface area contributed by atoms with Gasteiger partial charge in [0.05, 0.1) is 21.7 Å². The van der Waals surface area contributed by atoms with Crippen molar-refractivity contribution in [3.63, 3.8) is 0 Å². The Morgan fingerprint density at radius 3 is 2.70 bits per heavy atom. The first-order chi connectivity index (χ1) is 14.5. The van der Waals surface area contributed by atoms with Gasteiger partial charge in [-0.3, -0.25) is 4.79 Å². The zero-order chi connectivity index (χ0) is 21.1. The van der Waals surface area contributed by atoms with Crippen LogP contribution in [-0.4, -0.2) is 23.5 Å². The summed E-state index contributed by atoms with van der Waals surface area (Å²) >= 11 is 4.94. The van der Waals surface area contributed by atoms with Crippen LogP contribution >= 0.6 is 27.3 Å². The van der Waals surface area contributed by atoms with Gasteiger partial charge in [-0.2, -0.15) is 0 Å². The number of nitrogens with one attached hydrogen (secondary N) is 1. The summed E-state index contributed by atoms with van der Waals surface area (Å²) in [5, 5.41) is 5.41. The number of pyridine rings is 1. The molecule has 0 fully saturated rings. The molecule has 1 amide bonds. The van der Waals surface area contributed by atoms with E-state index in [1.807, 2.05) is 60.8 Å². The van der Waals surface area contributed by atoms with Crippen molar-refractivity contribution in [3.8, 4) is 10.6 Å². The van der Waals surface area contributed by atoms with Crippen LogP contribution in [0.25, 0.3) is 21.5 Å². The number of carbonyl (C=O) groups is 2. The molecule has 0 atom stereocenters. The van der Waals surface area contributed by atoms with Gasteiger partial charge in [-0.25, -0.2) is 9.78 Å². The third kappa shape index (κ3) is 4.42. The third-order valence-corrected chi connectivity index (χ3v) is 5.89. The number of anilines is 1. The number of thiophene rings is 1. The molecule has 2 heterocycles. The van der Waals surface area contributed by atoms with Crippen molar-refractivity contribution in [2.75, 3.05) is 11.9 Å². The van der Waals surface area contributed by atoms with Crippen LogP contribution in [0.5, 0.6) is 0 Å². The predicted molar refractivity (Wildman–Crippen MR) is 123 cm³/mol. The molecular formula is C23H17BrN2O3S. The smallest absolute Gasteiger partial charge is 0.339 e. The van der Waals surface area contributed by atoms with E-state index < -0.39 is 11.9 Å². The van der Waals surface area contributed by atoms with Gasteiger partial charge in [0.15, 0.2) is 6.61 Å². The summed E-state index contributed by atoms with van der Waals surface area (Å²) < 4.78 is 6.25. The molecule has 4 aromatic rings. The summed E-state index contributed by atoms with van der Waals surface area (Å²) in [4.78, 5) is 30.7. The van der Waals surface area contributed by atoms with Crippen LogP contribution in [0.2, 0.25) is 0 Å². The van der Waals surface area contributed by atoms with Crippen LogP contribution in [0, 0.1) is 6.92 Å². The molecule has 1 N–H and O–H groups in total. The summed E-state index contributed by atoms with van der Waals surface area (Å²) in [6.07, 6.45) is 0. The van der Waals surface area contributed by atoms with Gasteiger partial charge in [-0.05, 0) is 54.3 Å². The molecule has 2 aromatic heterocycles. The number of aromatic nitrogens is 1. The Kier molecular flexibility index (Phi) is 5.92. The van der Waals surface area contributed by atoms with Crippen LogP contribution in [0.4, 0.5) is 5.69 Å². The van der Waals surface area contributed by atoms with E-state index in [9.17, 15) is 9.59 Å². The van der Waals surface area contributed by atoms with Crippen LogP contribution in [0.3, 0.4) is 0 Å². The molecule has 7 heteroatoms. The lowest BCUT2D eigenvalue weighted by Gasteiger charge is -2.11. The molecule has 2 aromatic carbocycles. The topological polar surface area (TPSA) is 68.3 Å². The molecule has 0 saturated carbocycles. The highest BCUT2D eigenvalue weighted by molar-refractivity contribution is 9.10. The van der Waals surface area contributed by atoms with E-state index in [-0.39, 0.29) is 6.61 Å². The van der Waals surface area contributed by atoms with Gasteiger partial charge in [0.2, 0.25) is 0 Å². The zero-order valence-corrected chi connectivity index (χ0v) is 18.4. The van der Waals surface area contributed by atoms with Crippen molar-refractivity contribution >= 4 is 55.7 Å². The van der Waals surface area contributed by atoms with Gasteiger partial charge in [0.1, 0.15) is 0 Å². The fraction of sp³-hybridized carbons (Fsp3) is 0.0870. The molecule has 0 aliphatic rings. The predicted octanol–water partition coefficient (Wildman–Crippen LogP) is 5.83. The monoisotopic (exact) mass is 480 g/mol. The molecule has 0 aliphatic carbocycles. The lowest BCUT2D eigenvalue weighted by molar-refractivity contribution is -0.119. The molecule has 0 bridgehead atoms. The number of amides is 1. The van der Waals surface area contributed by atoms with Crippen molar-refractivity contribution in [3.05, 3.63) is 81.6 Å². The molecule has 0 unspecified atom stereocenters. The van der Waals surface area contributed by atoms with E-state index in [4.69, 9.17) is 4.74 Å². The zero-order valence-electron chi connectivity index (χ0n) is 16.0. The first-order valence-corrected chi connectivity index (χ1v) is 10.9. The molecular weight excluding hydrogens is 464 g/mol. The van der Waals surface area contributed by atoms with Crippen molar-refractivity contribution in [2.24, 2.45) is 0 Å². The van der Waals surface area contributed by atoms with Gasteiger partial charge in [-0.15, -0.1) is 11.3 Å². The third-order valence-electron chi connectivity index (χ3n) is 4.51. The molecule has 5 nitrogen and oxygen atoms in total. The first-order valence-electron chi connectivity index (χ1n) is 9.18. The molecule has 4 rings (SSSR count). The van der Waals surface area contributed by atoms with E-state index in [1.165, 1.54) is 0 Å². The normalized spacial score (nSPS) is 10.7. The molecule has 30 heavy (non-hydrogen) atoms. The standard InChI is InChI=1S/C23H17BrN2O3S/c1-14-11-15(24)8-9-18(14)26-22(27)13-29-23(28)17-12-20(21-7-4-10-30-21)25-19-6-3-2-5-16(17)19/h2-12H,13H2,1H3,(H,26,27). The minimum atomic E-state index is -0.561. The number of fused-ring (bicyclic) bond motifs is 1. The second kappa shape index (κ2) is 8.77.